The highest BCUT2D eigenvalue weighted by atomic mass is 35.5. The fourth-order valence-corrected chi connectivity index (χ4v) is 3.74. The number of rotatable bonds is 4. The zero-order valence-corrected chi connectivity index (χ0v) is 16.1. The molecule has 140 valence electrons. The first-order chi connectivity index (χ1) is 13.4. The van der Waals surface area contributed by atoms with Gasteiger partial charge in [-0.25, -0.2) is 18.2 Å². The van der Waals surface area contributed by atoms with Crippen LogP contribution in [0.4, 0.5) is 0 Å². The summed E-state index contributed by atoms with van der Waals surface area (Å²) >= 11 is 6.01. The van der Waals surface area contributed by atoms with Gasteiger partial charge in [-0.15, -0.1) is 0 Å². The maximum absolute atomic E-state index is 12.1. The summed E-state index contributed by atoms with van der Waals surface area (Å²) in [5.74, 6) is 0. The number of halogens is 1. The van der Waals surface area contributed by atoms with Crippen LogP contribution in [0.2, 0.25) is 5.02 Å². The molecule has 0 unspecified atom stereocenters. The van der Waals surface area contributed by atoms with Crippen LogP contribution in [-0.2, 0) is 10.0 Å². The Labute approximate surface area is 167 Å². The number of nitrogens with zero attached hydrogens (tertiary/aromatic N) is 3. The van der Waals surface area contributed by atoms with Crippen molar-refractivity contribution in [1.82, 2.24) is 14.8 Å². The van der Waals surface area contributed by atoms with E-state index in [1.54, 1.807) is 41.2 Å². The zero-order valence-electron chi connectivity index (χ0n) is 14.5. The molecule has 6 nitrogen and oxygen atoms in total. The minimum atomic E-state index is -3.94. The molecule has 2 heterocycles. The number of para-hydroxylation sites is 1. The Kier molecular flexibility index (Phi) is 4.72. The van der Waals surface area contributed by atoms with Crippen LogP contribution in [0.1, 0.15) is 0 Å². The molecule has 8 heteroatoms. The quantitative estimate of drug-likeness (QED) is 0.552. The number of hydrogen-bond donors (Lipinski definition) is 1. The van der Waals surface area contributed by atoms with Crippen molar-refractivity contribution < 1.29 is 8.42 Å². The van der Waals surface area contributed by atoms with E-state index in [1.165, 1.54) is 6.07 Å². The van der Waals surface area contributed by atoms with Crippen LogP contribution >= 0.6 is 11.6 Å². The number of primary sulfonamides is 1. The normalized spacial score (nSPS) is 11.5. The number of aromatic nitrogens is 3. The average molecular weight is 411 g/mol. The maximum Gasteiger partial charge on any atom is 0.240 e. The molecule has 4 rings (SSSR count). The van der Waals surface area contributed by atoms with Gasteiger partial charge in [0.15, 0.2) is 0 Å². The van der Waals surface area contributed by atoms with Crippen LogP contribution in [0, 0.1) is 0 Å². The van der Waals surface area contributed by atoms with Crippen molar-refractivity contribution in [2.24, 2.45) is 5.14 Å². The highest BCUT2D eigenvalue weighted by Gasteiger charge is 2.20. The van der Waals surface area contributed by atoms with Gasteiger partial charge in [0, 0.05) is 16.8 Å². The van der Waals surface area contributed by atoms with Gasteiger partial charge in [-0.1, -0.05) is 41.9 Å². The van der Waals surface area contributed by atoms with Crippen LogP contribution in [-0.4, -0.2) is 23.2 Å². The van der Waals surface area contributed by atoms with Gasteiger partial charge < -0.3 is 0 Å². The SMILES string of the molecule is NS(=O)(=O)c1ccccc1-n1nc(-c2ccccn2)cc1-c1ccc(Cl)cc1. The summed E-state index contributed by atoms with van der Waals surface area (Å²) in [6, 6.07) is 21.1. The minimum absolute atomic E-state index is 0.0131. The molecule has 0 spiro atoms. The average Bonchev–Trinajstić information content (AvgIpc) is 3.14. The van der Waals surface area contributed by atoms with Gasteiger partial charge in [-0.3, -0.25) is 4.98 Å². The topological polar surface area (TPSA) is 90.9 Å². The van der Waals surface area contributed by atoms with Gasteiger partial charge >= 0.3 is 0 Å². The summed E-state index contributed by atoms with van der Waals surface area (Å²) in [6.07, 6.45) is 1.68. The van der Waals surface area contributed by atoms with Crippen LogP contribution in [0.5, 0.6) is 0 Å². The Bertz CT molecular complexity index is 1240. The van der Waals surface area contributed by atoms with Gasteiger partial charge in [-0.2, -0.15) is 5.10 Å². The zero-order chi connectivity index (χ0) is 19.7. The van der Waals surface area contributed by atoms with Crippen molar-refractivity contribution in [3.05, 3.63) is 84.0 Å². The lowest BCUT2D eigenvalue weighted by molar-refractivity contribution is 0.596. The van der Waals surface area contributed by atoms with Gasteiger partial charge in [0.25, 0.3) is 0 Å². The van der Waals surface area contributed by atoms with Crippen molar-refractivity contribution in [3.63, 3.8) is 0 Å². The van der Waals surface area contributed by atoms with E-state index in [9.17, 15) is 8.42 Å². The van der Waals surface area contributed by atoms with Crippen molar-refractivity contribution in [2.75, 3.05) is 0 Å². The summed E-state index contributed by atoms with van der Waals surface area (Å²) in [5.41, 5.74) is 3.15. The van der Waals surface area contributed by atoms with Gasteiger partial charge in [0.05, 0.1) is 17.1 Å². The highest BCUT2D eigenvalue weighted by Crippen LogP contribution is 2.30. The molecule has 0 atom stereocenters. The second-order valence-corrected chi connectivity index (χ2v) is 8.03. The summed E-state index contributed by atoms with van der Waals surface area (Å²) in [5, 5.41) is 10.6. The number of hydrogen-bond acceptors (Lipinski definition) is 4. The molecule has 0 aliphatic heterocycles. The second-order valence-electron chi connectivity index (χ2n) is 6.06. The van der Waals surface area contributed by atoms with E-state index in [1.807, 2.05) is 36.4 Å². The van der Waals surface area contributed by atoms with E-state index in [-0.39, 0.29) is 4.90 Å². The first kappa shape index (κ1) is 18.4. The number of benzene rings is 2. The monoisotopic (exact) mass is 410 g/mol. The van der Waals surface area contributed by atoms with Crippen molar-refractivity contribution >= 4 is 21.6 Å². The summed E-state index contributed by atoms with van der Waals surface area (Å²) in [4.78, 5) is 4.32. The number of pyridine rings is 1. The van der Waals surface area contributed by atoms with Gasteiger partial charge in [0.2, 0.25) is 10.0 Å². The molecular weight excluding hydrogens is 396 g/mol. The fourth-order valence-electron chi connectivity index (χ4n) is 2.90. The standard InChI is InChI=1S/C20H15ClN4O2S/c21-15-10-8-14(9-11-15)19-13-17(16-5-3-4-12-23-16)24-25(19)18-6-1-2-7-20(18)28(22,26)27/h1-13H,(H2,22,26,27). The molecule has 4 aromatic rings. The van der Waals surface area contributed by atoms with Crippen molar-refractivity contribution in [1.29, 1.82) is 0 Å². The van der Waals surface area contributed by atoms with Gasteiger partial charge in [-0.05, 0) is 42.5 Å². The Morgan fingerprint density at radius 1 is 0.893 bits per heavy atom. The summed E-state index contributed by atoms with van der Waals surface area (Å²) < 4.78 is 25.8. The predicted octanol–water partition coefficient (Wildman–Crippen LogP) is 3.90. The van der Waals surface area contributed by atoms with Crippen LogP contribution < -0.4 is 5.14 Å². The van der Waals surface area contributed by atoms with E-state index < -0.39 is 10.0 Å². The summed E-state index contributed by atoms with van der Waals surface area (Å²) in [7, 11) is -3.94. The molecule has 0 fully saturated rings. The molecule has 0 saturated heterocycles. The van der Waals surface area contributed by atoms with E-state index >= 15 is 0 Å². The first-order valence-electron chi connectivity index (χ1n) is 8.33. The smallest absolute Gasteiger partial charge is 0.240 e. The molecule has 2 N–H and O–H groups in total. The fraction of sp³-hybridized carbons (Fsp3) is 0. The molecular formula is C20H15ClN4O2S. The van der Waals surface area contributed by atoms with Crippen molar-refractivity contribution in [3.8, 4) is 28.3 Å². The molecule has 0 aliphatic carbocycles. The molecule has 2 aromatic heterocycles. The molecule has 0 aliphatic rings. The highest BCUT2D eigenvalue weighted by molar-refractivity contribution is 7.89. The molecule has 0 bridgehead atoms. The second kappa shape index (κ2) is 7.20. The van der Waals surface area contributed by atoms with E-state index in [2.05, 4.69) is 10.1 Å². The van der Waals surface area contributed by atoms with E-state index in [0.717, 1.165) is 5.56 Å². The van der Waals surface area contributed by atoms with Crippen LogP contribution in [0.25, 0.3) is 28.3 Å². The first-order valence-corrected chi connectivity index (χ1v) is 10.3. The lowest BCUT2D eigenvalue weighted by Crippen LogP contribution is -2.16. The van der Waals surface area contributed by atoms with Crippen molar-refractivity contribution in [2.45, 2.75) is 4.90 Å². The Balaban J connectivity index is 1.99. The minimum Gasteiger partial charge on any atom is -0.255 e. The van der Waals surface area contributed by atoms with Crippen LogP contribution in [0.15, 0.2) is 83.9 Å². The Hall–Kier alpha value is -3.00. The third-order valence-electron chi connectivity index (χ3n) is 4.18. The third kappa shape index (κ3) is 3.55. The third-order valence-corrected chi connectivity index (χ3v) is 5.39. The number of nitrogens with two attached hydrogens (primary N) is 1. The summed E-state index contributed by atoms with van der Waals surface area (Å²) in [6.45, 7) is 0. The van der Waals surface area contributed by atoms with E-state index in [4.69, 9.17) is 16.7 Å². The maximum atomic E-state index is 12.1. The largest absolute Gasteiger partial charge is 0.255 e. The molecule has 0 amide bonds. The van der Waals surface area contributed by atoms with Crippen LogP contribution in [0.3, 0.4) is 0 Å². The Morgan fingerprint density at radius 2 is 1.61 bits per heavy atom. The molecule has 0 saturated carbocycles. The lowest BCUT2D eigenvalue weighted by Gasteiger charge is -2.11. The molecule has 28 heavy (non-hydrogen) atoms. The number of sulfonamides is 1. The molecule has 2 aromatic carbocycles. The van der Waals surface area contributed by atoms with Gasteiger partial charge in [0.1, 0.15) is 10.6 Å². The Morgan fingerprint density at radius 3 is 2.29 bits per heavy atom. The lowest BCUT2D eigenvalue weighted by atomic mass is 10.1. The van der Waals surface area contributed by atoms with E-state index in [0.29, 0.717) is 27.8 Å². The predicted molar refractivity (Wildman–Crippen MR) is 109 cm³/mol. The molecule has 0 radical (unpaired) electrons.